The molecule has 0 spiro atoms. The Balaban J connectivity index is 2.02. The van der Waals surface area contributed by atoms with Crippen molar-refractivity contribution in [3.05, 3.63) is 0 Å². The van der Waals surface area contributed by atoms with Gasteiger partial charge in [0.25, 0.3) is 0 Å². The summed E-state index contributed by atoms with van der Waals surface area (Å²) in [6.07, 6.45) is 1.89. The third-order valence-electron chi connectivity index (χ3n) is 3.81. The Hall–Kier alpha value is -1.11. The van der Waals surface area contributed by atoms with Gasteiger partial charge in [-0.2, -0.15) is 0 Å². The molecule has 102 valence electrons. The molecule has 18 heavy (non-hydrogen) atoms. The topological polar surface area (TPSA) is 91.8 Å². The second-order valence-corrected chi connectivity index (χ2v) is 7.26. The molecule has 2 fully saturated rings. The predicted molar refractivity (Wildman–Crippen MR) is 63.7 cm³/mol. The molecule has 0 aromatic rings. The summed E-state index contributed by atoms with van der Waals surface area (Å²) >= 11 is 0. The van der Waals surface area contributed by atoms with E-state index in [9.17, 15) is 18.0 Å². The monoisotopic (exact) mass is 275 g/mol. The van der Waals surface area contributed by atoms with Gasteiger partial charge in [0.15, 0.2) is 9.84 Å². The first kappa shape index (κ1) is 13.3. The van der Waals surface area contributed by atoms with Gasteiger partial charge in [-0.3, -0.25) is 9.59 Å². The van der Waals surface area contributed by atoms with E-state index < -0.39 is 27.6 Å². The van der Waals surface area contributed by atoms with Crippen molar-refractivity contribution in [3.63, 3.8) is 0 Å². The van der Waals surface area contributed by atoms with Crippen molar-refractivity contribution in [2.45, 2.75) is 19.3 Å². The quantitative estimate of drug-likeness (QED) is 0.750. The average molecular weight is 275 g/mol. The van der Waals surface area contributed by atoms with Crippen molar-refractivity contribution in [3.8, 4) is 0 Å². The highest BCUT2D eigenvalue weighted by atomic mass is 32.2. The number of sulfone groups is 1. The van der Waals surface area contributed by atoms with Gasteiger partial charge in [-0.05, 0) is 12.8 Å². The molecule has 2 atom stereocenters. The molecule has 0 unspecified atom stereocenters. The van der Waals surface area contributed by atoms with Gasteiger partial charge in [-0.15, -0.1) is 0 Å². The van der Waals surface area contributed by atoms with E-state index in [1.54, 1.807) is 0 Å². The zero-order valence-electron chi connectivity index (χ0n) is 10.0. The molecule has 1 saturated carbocycles. The van der Waals surface area contributed by atoms with Crippen LogP contribution < -0.4 is 0 Å². The second kappa shape index (κ2) is 4.87. The van der Waals surface area contributed by atoms with Crippen LogP contribution in [-0.2, 0) is 19.4 Å². The van der Waals surface area contributed by atoms with Gasteiger partial charge in [0.1, 0.15) is 0 Å². The van der Waals surface area contributed by atoms with Crippen LogP contribution in [0.3, 0.4) is 0 Å². The van der Waals surface area contributed by atoms with Crippen LogP contribution >= 0.6 is 0 Å². The van der Waals surface area contributed by atoms with Gasteiger partial charge < -0.3 is 10.0 Å². The maximum absolute atomic E-state index is 12.2. The Morgan fingerprint density at radius 2 is 1.61 bits per heavy atom. The lowest BCUT2D eigenvalue weighted by Gasteiger charge is -2.30. The summed E-state index contributed by atoms with van der Waals surface area (Å²) in [7, 11) is -3.01. The third-order valence-corrected chi connectivity index (χ3v) is 5.42. The lowest BCUT2D eigenvalue weighted by Crippen LogP contribution is -2.47. The van der Waals surface area contributed by atoms with Crippen LogP contribution in [0.25, 0.3) is 0 Å². The first-order valence-corrected chi connectivity index (χ1v) is 7.95. The lowest BCUT2D eigenvalue weighted by atomic mass is 9.95. The van der Waals surface area contributed by atoms with Crippen molar-refractivity contribution >= 4 is 21.7 Å². The molecule has 0 aromatic heterocycles. The first-order valence-electron chi connectivity index (χ1n) is 6.13. The van der Waals surface area contributed by atoms with E-state index in [1.807, 2.05) is 0 Å². The molecule has 2 rings (SSSR count). The summed E-state index contributed by atoms with van der Waals surface area (Å²) in [5, 5.41) is 9.05. The van der Waals surface area contributed by atoms with Gasteiger partial charge >= 0.3 is 5.97 Å². The molecule has 1 saturated heterocycles. The summed E-state index contributed by atoms with van der Waals surface area (Å²) in [5.41, 5.74) is 0. The van der Waals surface area contributed by atoms with Crippen molar-refractivity contribution < 1.29 is 23.1 Å². The van der Waals surface area contributed by atoms with Gasteiger partial charge in [-0.25, -0.2) is 8.42 Å². The first-order chi connectivity index (χ1) is 8.41. The van der Waals surface area contributed by atoms with E-state index in [2.05, 4.69) is 0 Å². The zero-order valence-corrected chi connectivity index (χ0v) is 10.9. The number of carboxylic acid groups (broad SMARTS) is 1. The Morgan fingerprint density at radius 1 is 1.06 bits per heavy atom. The number of amides is 1. The van der Waals surface area contributed by atoms with E-state index in [-0.39, 0.29) is 30.5 Å². The van der Waals surface area contributed by atoms with Crippen molar-refractivity contribution in [1.82, 2.24) is 4.90 Å². The second-order valence-electron chi connectivity index (χ2n) is 4.96. The minimum atomic E-state index is -3.01. The van der Waals surface area contributed by atoms with E-state index in [0.717, 1.165) is 6.42 Å². The van der Waals surface area contributed by atoms with Gasteiger partial charge in [-0.1, -0.05) is 6.42 Å². The highest BCUT2D eigenvalue weighted by molar-refractivity contribution is 7.91. The predicted octanol–water partition coefficient (Wildman–Crippen LogP) is -0.256. The van der Waals surface area contributed by atoms with Crippen LogP contribution in [0.15, 0.2) is 0 Å². The molecule has 6 nitrogen and oxygen atoms in total. The number of aliphatic carboxylic acids is 1. The Kier molecular flexibility index (Phi) is 3.61. The fourth-order valence-corrected chi connectivity index (χ4v) is 3.92. The van der Waals surface area contributed by atoms with Crippen LogP contribution in [0.2, 0.25) is 0 Å². The molecule has 1 amide bonds. The molecule has 1 aliphatic heterocycles. The van der Waals surface area contributed by atoms with Crippen LogP contribution in [0.4, 0.5) is 0 Å². The molecule has 0 aromatic carbocycles. The zero-order chi connectivity index (χ0) is 13.3. The van der Waals surface area contributed by atoms with Crippen molar-refractivity contribution in [1.29, 1.82) is 0 Å². The van der Waals surface area contributed by atoms with Gasteiger partial charge in [0.05, 0.1) is 23.3 Å². The Morgan fingerprint density at radius 3 is 2.17 bits per heavy atom. The summed E-state index contributed by atoms with van der Waals surface area (Å²) in [6.45, 7) is 0.397. The average Bonchev–Trinajstić information content (AvgIpc) is 2.77. The molecule has 2 aliphatic rings. The largest absolute Gasteiger partial charge is 0.481 e. The molecule has 0 bridgehead atoms. The Labute approximate surface area is 106 Å². The minimum Gasteiger partial charge on any atom is -0.481 e. The fraction of sp³-hybridized carbons (Fsp3) is 0.818. The highest BCUT2D eigenvalue weighted by Crippen LogP contribution is 2.33. The van der Waals surface area contributed by atoms with Crippen molar-refractivity contribution in [2.24, 2.45) is 11.8 Å². The van der Waals surface area contributed by atoms with Crippen LogP contribution in [0.1, 0.15) is 19.3 Å². The third kappa shape index (κ3) is 2.66. The fourth-order valence-electron chi connectivity index (χ4n) is 2.72. The summed E-state index contributed by atoms with van der Waals surface area (Å²) in [6, 6.07) is 0. The number of nitrogens with zero attached hydrogens (tertiary/aromatic N) is 1. The number of carbonyl (C=O) groups excluding carboxylic acids is 1. The number of hydrogen-bond donors (Lipinski definition) is 1. The van der Waals surface area contributed by atoms with E-state index in [4.69, 9.17) is 5.11 Å². The van der Waals surface area contributed by atoms with Gasteiger partial charge in [0, 0.05) is 13.1 Å². The summed E-state index contributed by atoms with van der Waals surface area (Å²) < 4.78 is 22.6. The molecule has 0 radical (unpaired) electrons. The van der Waals surface area contributed by atoms with Crippen LogP contribution in [-0.4, -0.2) is 54.9 Å². The van der Waals surface area contributed by atoms with E-state index in [1.165, 1.54) is 4.90 Å². The Bertz CT molecular complexity index is 444. The highest BCUT2D eigenvalue weighted by Gasteiger charge is 2.40. The van der Waals surface area contributed by atoms with Crippen LogP contribution in [0.5, 0.6) is 0 Å². The maximum Gasteiger partial charge on any atom is 0.307 e. The normalized spacial score (nSPS) is 31.2. The molecule has 1 N–H and O–H groups in total. The van der Waals surface area contributed by atoms with Crippen molar-refractivity contribution in [2.75, 3.05) is 24.6 Å². The molecule has 1 heterocycles. The lowest BCUT2D eigenvalue weighted by molar-refractivity contribution is -0.149. The SMILES string of the molecule is O=C(O)[C@H]1CCC[C@H]1C(=O)N1CCS(=O)(=O)CC1. The molecular weight excluding hydrogens is 258 g/mol. The van der Waals surface area contributed by atoms with Gasteiger partial charge in [0.2, 0.25) is 5.91 Å². The molecular formula is C11H17NO5S. The minimum absolute atomic E-state index is 0.0107. The van der Waals surface area contributed by atoms with E-state index >= 15 is 0 Å². The number of carboxylic acids is 1. The summed E-state index contributed by atoms with van der Waals surface area (Å²) in [4.78, 5) is 24.7. The number of rotatable bonds is 2. The smallest absolute Gasteiger partial charge is 0.307 e. The molecule has 7 heteroatoms. The maximum atomic E-state index is 12.2. The standard InChI is InChI=1S/C11H17NO5S/c13-10(8-2-1-3-9(8)11(14)15)12-4-6-18(16,17)7-5-12/h8-9H,1-7H2,(H,14,15)/t8-,9+/m1/s1. The van der Waals surface area contributed by atoms with E-state index in [0.29, 0.717) is 12.8 Å². The number of carbonyl (C=O) groups is 2. The molecule has 1 aliphatic carbocycles. The summed E-state index contributed by atoms with van der Waals surface area (Å²) in [5.74, 6) is -2.20. The van der Waals surface area contributed by atoms with Crippen LogP contribution in [0, 0.1) is 11.8 Å². The number of hydrogen-bond acceptors (Lipinski definition) is 4.